The highest BCUT2D eigenvalue weighted by Gasteiger charge is 1.93. The fourth-order valence-corrected chi connectivity index (χ4v) is 0.951. The van der Waals surface area contributed by atoms with E-state index in [1.807, 2.05) is 24.0 Å². The summed E-state index contributed by atoms with van der Waals surface area (Å²) in [6.45, 7) is 4.11. The van der Waals surface area contributed by atoms with Gasteiger partial charge in [-0.15, -0.1) is 0 Å². The summed E-state index contributed by atoms with van der Waals surface area (Å²) in [5.74, 6) is 0. The van der Waals surface area contributed by atoms with Crippen LogP contribution >= 0.6 is 0 Å². The van der Waals surface area contributed by atoms with E-state index in [2.05, 4.69) is 17.3 Å². The van der Waals surface area contributed by atoms with Gasteiger partial charge in [0.2, 0.25) is 0 Å². The van der Waals surface area contributed by atoms with Crippen LogP contribution in [0.2, 0.25) is 0 Å². The molecule has 1 aromatic rings. The van der Waals surface area contributed by atoms with Gasteiger partial charge in [-0.2, -0.15) is 5.10 Å². The van der Waals surface area contributed by atoms with Crippen LogP contribution < -0.4 is 5.32 Å². The topological polar surface area (TPSA) is 29.9 Å². The zero-order chi connectivity index (χ0) is 8.10. The third-order valence-corrected chi connectivity index (χ3v) is 1.50. The fourth-order valence-electron chi connectivity index (χ4n) is 0.951. The van der Waals surface area contributed by atoms with E-state index in [1.165, 1.54) is 6.42 Å². The number of nitrogens with one attached hydrogen (secondary N) is 1. The standard InChI is InChI=1S/C8H15N3/c1-3-5-9-7-8-4-6-11(2)10-8/h4,6,9H,3,5,7H2,1-2H3. The van der Waals surface area contributed by atoms with Crippen LogP contribution in [0.1, 0.15) is 19.0 Å². The van der Waals surface area contributed by atoms with E-state index in [9.17, 15) is 0 Å². The third kappa shape index (κ3) is 2.72. The Hall–Kier alpha value is -0.830. The van der Waals surface area contributed by atoms with Gasteiger partial charge in [0.05, 0.1) is 5.69 Å². The van der Waals surface area contributed by atoms with Gasteiger partial charge in [-0.3, -0.25) is 4.68 Å². The van der Waals surface area contributed by atoms with E-state index in [4.69, 9.17) is 0 Å². The van der Waals surface area contributed by atoms with E-state index < -0.39 is 0 Å². The molecule has 0 aromatic carbocycles. The molecule has 0 unspecified atom stereocenters. The van der Waals surface area contributed by atoms with Crippen LogP contribution in [-0.4, -0.2) is 16.3 Å². The molecule has 3 nitrogen and oxygen atoms in total. The molecule has 0 aliphatic heterocycles. The maximum Gasteiger partial charge on any atom is 0.0762 e. The Morgan fingerprint density at radius 2 is 2.45 bits per heavy atom. The van der Waals surface area contributed by atoms with E-state index >= 15 is 0 Å². The Bertz CT molecular complexity index is 205. The first-order valence-corrected chi connectivity index (χ1v) is 4.02. The molecule has 0 atom stereocenters. The van der Waals surface area contributed by atoms with Crippen LogP contribution in [0.15, 0.2) is 12.3 Å². The van der Waals surface area contributed by atoms with Crippen LogP contribution in [0.4, 0.5) is 0 Å². The second-order valence-electron chi connectivity index (χ2n) is 2.66. The van der Waals surface area contributed by atoms with Gasteiger partial charge in [-0.1, -0.05) is 6.92 Å². The molecule has 62 valence electrons. The Morgan fingerprint density at radius 1 is 1.64 bits per heavy atom. The summed E-state index contributed by atoms with van der Waals surface area (Å²) in [6.07, 6.45) is 3.13. The third-order valence-electron chi connectivity index (χ3n) is 1.50. The van der Waals surface area contributed by atoms with Gasteiger partial charge in [0.15, 0.2) is 0 Å². The lowest BCUT2D eigenvalue weighted by molar-refractivity contribution is 0.646. The molecule has 1 aromatic heterocycles. The average Bonchev–Trinajstić information content (AvgIpc) is 2.37. The van der Waals surface area contributed by atoms with Crippen molar-refractivity contribution in [2.24, 2.45) is 7.05 Å². The maximum atomic E-state index is 4.24. The Balaban J connectivity index is 2.27. The molecule has 0 radical (unpaired) electrons. The summed E-state index contributed by atoms with van der Waals surface area (Å²) in [5.41, 5.74) is 1.11. The molecule has 0 aliphatic carbocycles. The highest BCUT2D eigenvalue weighted by Crippen LogP contribution is 1.92. The molecule has 1 rings (SSSR count). The lowest BCUT2D eigenvalue weighted by Crippen LogP contribution is -2.14. The number of hydrogen-bond donors (Lipinski definition) is 1. The van der Waals surface area contributed by atoms with Gasteiger partial charge in [-0.25, -0.2) is 0 Å². The number of aryl methyl sites for hydroxylation is 1. The van der Waals surface area contributed by atoms with Crippen LogP contribution in [0.5, 0.6) is 0 Å². The van der Waals surface area contributed by atoms with Crippen molar-refractivity contribution in [2.75, 3.05) is 6.54 Å². The maximum absolute atomic E-state index is 4.24. The number of rotatable bonds is 4. The lowest BCUT2D eigenvalue weighted by Gasteiger charge is -1.97. The zero-order valence-electron chi connectivity index (χ0n) is 7.17. The Morgan fingerprint density at radius 3 is 3.00 bits per heavy atom. The van der Waals surface area contributed by atoms with Gasteiger partial charge < -0.3 is 5.32 Å². The quantitative estimate of drug-likeness (QED) is 0.652. The van der Waals surface area contributed by atoms with Crippen molar-refractivity contribution >= 4 is 0 Å². The SMILES string of the molecule is CCCNCc1ccn(C)n1. The first-order chi connectivity index (χ1) is 5.33. The first kappa shape index (κ1) is 8.27. The predicted molar refractivity (Wildman–Crippen MR) is 45.2 cm³/mol. The summed E-state index contributed by atoms with van der Waals surface area (Å²) in [6, 6.07) is 2.03. The van der Waals surface area contributed by atoms with Crippen LogP contribution in [0, 0.1) is 0 Å². The van der Waals surface area contributed by atoms with Crippen molar-refractivity contribution in [1.29, 1.82) is 0 Å². The molecule has 0 spiro atoms. The van der Waals surface area contributed by atoms with Gasteiger partial charge in [0.1, 0.15) is 0 Å². The smallest absolute Gasteiger partial charge is 0.0762 e. The molecule has 0 amide bonds. The molecule has 3 heteroatoms. The molecule has 1 N–H and O–H groups in total. The second-order valence-corrected chi connectivity index (χ2v) is 2.66. The summed E-state index contributed by atoms with van der Waals surface area (Å²) in [5, 5.41) is 7.53. The number of hydrogen-bond acceptors (Lipinski definition) is 2. The molecule has 0 aliphatic rings. The van der Waals surface area contributed by atoms with E-state index in [1.54, 1.807) is 0 Å². The van der Waals surface area contributed by atoms with Gasteiger partial charge in [-0.05, 0) is 19.0 Å². The molecule has 0 saturated heterocycles. The monoisotopic (exact) mass is 153 g/mol. The molecule has 0 saturated carbocycles. The highest BCUT2D eigenvalue weighted by atomic mass is 15.3. The van der Waals surface area contributed by atoms with Crippen molar-refractivity contribution in [3.8, 4) is 0 Å². The van der Waals surface area contributed by atoms with E-state index in [0.29, 0.717) is 0 Å². The summed E-state index contributed by atoms with van der Waals surface area (Å²) >= 11 is 0. The molecule has 0 fully saturated rings. The van der Waals surface area contributed by atoms with Gasteiger partial charge in [0.25, 0.3) is 0 Å². The Labute approximate surface area is 67.4 Å². The summed E-state index contributed by atoms with van der Waals surface area (Å²) in [4.78, 5) is 0. The lowest BCUT2D eigenvalue weighted by atomic mass is 10.4. The zero-order valence-corrected chi connectivity index (χ0v) is 7.17. The van der Waals surface area contributed by atoms with Crippen molar-refractivity contribution < 1.29 is 0 Å². The van der Waals surface area contributed by atoms with Gasteiger partial charge >= 0.3 is 0 Å². The van der Waals surface area contributed by atoms with Crippen LogP contribution in [0.3, 0.4) is 0 Å². The molecule has 1 heterocycles. The molecule has 0 bridgehead atoms. The molecular formula is C8H15N3. The minimum Gasteiger partial charge on any atom is -0.311 e. The summed E-state index contributed by atoms with van der Waals surface area (Å²) in [7, 11) is 1.93. The van der Waals surface area contributed by atoms with E-state index in [0.717, 1.165) is 18.8 Å². The number of nitrogens with zero attached hydrogens (tertiary/aromatic N) is 2. The van der Waals surface area contributed by atoms with Crippen molar-refractivity contribution in [3.63, 3.8) is 0 Å². The highest BCUT2D eigenvalue weighted by molar-refractivity contribution is 4.97. The van der Waals surface area contributed by atoms with Crippen molar-refractivity contribution in [1.82, 2.24) is 15.1 Å². The molecular weight excluding hydrogens is 138 g/mol. The van der Waals surface area contributed by atoms with Crippen LogP contribution in [-0.2, 0) is 13.6 Å². The second kappa shape index (κ2) is 4.13. The largest absolute Gasteiger partial charge is 0.311 e. The first-order valence-electron chi connectivity index (χ1n) is 4.02. The average molecular weight is 153 g/mol. The normalized spacial score (nSPS) is 10.4. The molecule has 11 heavy (non-hydrogen) atoms. The predicted octanol–water partition coefficient (Wildman–Crippen LogP) is 0.920. The van der Waals surface area contributed by atoms with E-state index in [-0.39, 0.29) is 0 Å². The fraction of sp³-hybridized carbons (Fsp3) is 0.625. The number of aromatic nitrogens is 2. The summed E-state index contributed by atoms with van der Waals surface area (Å²) < 4.78 is 1.82. The Kier molecular flexibility index (Phi) is 3.11. The van der Waals surface area contributed by atoms with Crippen molar-refractivity contribution in [3.05, 3.63) is 18.0 Å². The minimum atomic E-state index is 0.884. The van der Waals surface area contributed by atoms with Gasteiger partial charge in [0, 0.05) is 19.8 Å². The van der Waals surface area contributed by atoms with Crippen LogP contribution in [0.25, 0.3) is 0 Å². The van der Waals surface area contributed by atoms with Crippen molar-refractivity contribution in [2.45, 2.75) is 19.9 Å². The minimum absolute atomic E-state index is 0.884.